The number of benzene rings is 4. The Balaban J connectivity index is 1.79. The van der Waals surface area contributed by atoms with Crippen LogP contribution in [0.15, 0.2) is 112 Å². The lowest BCUT2D eigenvalue weighted by atomic mass is 10.0. The molecule has 0 saturated carbocycles. The van der Waals surface area contributed by atoms with Crippen LogP contribution in [0.25, 0.3) is 0 Å². The summed E-state index contributed by atoms with van der Waals surface area (Å²) in [5.41, 5.74) is 1.91. The summed E-state index contributed by atoms with van der Waals surface area (Å²) in [6.07, 6.45) is 0.230. The van der Waals surface area contributed by atoms with Crippen molar-refractivity contribution in [1.82, 2.24) is 10.2 Å². The second-order valence-corrected chi connectivity index (χ2v) is 12.6. The van der Waals surface area contributed by atoms with Crippen molar-refractivity contribution in [2.45, 2.75) is 23.9 Å². The van der Waals surface area contributed by atoms with Gasteiger partial charge in [0, 0.05) is 30.6 Å². The van der Waals surface area contributed by atoms with Gasteiger partial charge in [-0.1, -0.05) is 76.6 Å². The Morgan fingerprint density at radius 3 is 2.07 bits per heavy atom. The fraction of sp³-hybridized carbons (Fsp3) is 0.212. The number of para-hydroxylation sites is 1. The Bertz CT molecular complexity index is 1690. The molecule has 0 aliphatic heterocycles. The van der Waals surface area contributed by atoms with Crippen molar-refractivity contribution in [1.29, 1.82) is 0 Å². The van der Waals surface area contributed by atoms with E-state index in [9.17, 15) is 18.0 Å². The Kier molecular flexibility index (Phi) is 11.0. The Labute approximate surface area is 266 Å². The van der Waals surface area contributed by atoms with E-state index in [1.54, 1.807) is 30.3 Å². The average Bonchev–Trinajstić information content (AvgIpc) is 3.05. The van der Waals surface area contributed by atoms with Gasteiger partial charge in [-0.15, -0.1) is 0 Å². The number of likely N-dealkylation sites (N-methyl/N-ethyl adjacent to an activating group) is 1. The molecule has 0 radical (unpaired) electrons. The third-order valence-electron chi connectivity index (χ3n) is 7.03. The van der Waals surface area contributed by atoms with E-state index in [-0.39, 0.29) is 35.2 Å². The summed E-state index contributed by atoms with van der Waals surface area (Å²) in [4.78, 5) is 29.1. The number of rotatable bonds is 13. The molecule has 2 amide bonds. The van der Waals surface area contributed by atoms with E-state index >= 15 is 0 Å². The highest BCUT2D eigenvalue weighted by Gasteiger charge is 2.34. The SMILES string of the molecule is CNC(=O)C(Cc1ccccc1)N(Cc1cccc(Br)c1)C(=O)CN(c1ccccc1)S(=O)(=O)c1ccc(OC)c(OC)c1. The number of anilines is 1. The second-order valence-electron chi connectivity index (χ2n) is 9.84. The molecule has 1 unspecified atom stereocenters. The second kappa shape index (κ2) is 14.9. The third-order valence-corrected chi connectivity index (χ3v) is 9.29. The number of halogens is 1. The van der Waals surface area contributed by atoms with Crippen LogP contribution in [0, 0.1) is 0 Å². The quantitative estimate of drug-likeness (QED) is 0.212. The minimum atomic E-state index is -4.29. The number of carbonyl (C=O) groups excluding carboxylic acids is 2. The van der Waals surface area contributed by atoms with Crippen molar-refractivity contribution in [3.63, 3.8) is 0 Å². The van der Waals surface area contributed by atoms with Crippen molar-refractivity contribution >= 4 is 43.5 Å². The van der Waals surface area contributed by atoms with Gasteiger partial charge in [-0.2, -0.15) is 0 Å². The van der Waals surface area contributed by atoms with Gasteiger partial charge in [0.25, 0.3) is 10.0 Å². The van der Waals surface area contributed by atoms with Gasteiger partial charge in [0.2, 0.25) is 11.8 Å². The Hall–Kier alpha value is -4.35. The van der Waals surface area contributed by atoms with E-state index in [1.165, 1.54) is 44.4 Å². The van der Waals surface area contributed by atoms with Crippen LogP contribution in [0.2, 0.25) is 0 Å². The molecule has 0 saturated heterocycles. The molecule has 0 fully saturated rings. The number of hydrogen-bond acceptors (Lipinski definition) is 6. The molecule has 0 heterocycles. The van der Waals surface area contributed by atoms with Gasteiger partial charge in [0.05, 0.1) is 24.8 Å². The predicted octanol–water partition coefficient (Wildman–Crippen LogP) is 5.05. The molecule has 230 valence electrons. The van der Waals surface area contributed by atoms with Gasteiger partial charge in [-0.25, -0.2) is 8.42 Å². The van der Waals surface area contributed by atoms with E-state index in [0.717, 1.165) is 19.9 Å². The zero-order valence-electron chi connectivity index (χ0n) is 24.6. The highest BCUT2D eigenvalue weighted by molar-refractivity contribution is 9.10. The molecule has 11 heteroatoms. The molecule has 44 heavy (non-hydrogen) atoms. The van der Waals surface area contributed by atoms with Gasteiger partial charge in [-0.05, 0) is 47.5 Å². The van der Waals surface area contributed by atoms with E-state index in [2.05, 4.69) is 21.2 Å². The van der Waals surface area contributed by atoms with E-state index < -0.39 is 28.5 Å². The summed E-state index contributed by atoms with van der Waals surface area (Å²) in [6, 6.07) is 28.5. The number of ether oxygens (including phenoxy) is 2. The molecular weight excluding hydrogens is 646 g/mol. The molecule has 1 atom stereocenters. The van der Waals surface area contributed by atoms with Crippen LogP contribution in [-0.4, -0.2) is 59.0 Å². The fourth-order valence-corrected chi connectivity index (χ4v) is 6.66. The highest BCUT2D eigenvalue weighted by Crippen LogP contribution is 2.32. The zero-order valence-corrected chi connectivity index (χ0v) is 27.0. The summed E-state index contributed by atoms with van der Waals surface area (Å²) in [5.74, 6) is -0.330. The normalized spacial score (nSPS) is 11.7. The molecular formula is C33H34BrN3O6S. The van der Waals surface area contributed by atoms with Crippen LogP contribution in [0.4, 0.5) is 5.69 Å². The zero-order chi connectivity index (χ0) is 31.7. The minimum absolute atomic E-state index is 0.0717. The largest absolute Gasteiger partial charge is 0.493 e. The standard InChI is InChI=1S/C33H34BrN3O6S/c1-35-33(39)29(20-24-11-6-4-7-12-24)36(22-25-13-10-14-26(34)19-25)32(38)23-37(27-15-8-5-9-16-27)44(40,41)28-17-18-30(42-2)31(21-28)43-3/h4-19,21,29H,20,22-23H2,1-3H3,(H,35,39). The lowest BCUT2D eigenvalue weighted by Gasteiger charge is -2.33. The van der Waals surface area contributed by atoms with Gasteiger partial charge in [0.1, 0.15) is 12.6 Å². The number of methoxy groups -OCH3 is 2. The smallest absolute Gasteiger partial charge is 0.264 e. The first-order valence-corrected chi connectivity index (χ1v) is 16.0. The maximum absolute atomic E-state index is 14.4. The van der Waals surface area contributed by atoms with Gasteiger partial charge in [0.15, 0.2) is 11.5 Å². The summed E-state index contributed by atoms with van der Waals surface area (Å²) in [6.45, 7) is -0.487. The number of nitrogens with one attached hydrogen (secondary N) is 1. The fourth-order valence-electron chi connectivity index (χ4n) is 4.78. The van der Waals surface area contributed by atoms with E-state index in [4.69, 9.17) is 9.47 Å². The topological polar surface area (TPSA) is 105 Å². The molecule has 0 aliphatic rings. The van der Waals surface area contributed by atoms with Crippen LogP contribution in [0.5, 0.6) is 11.5 Å². The molecule has 9 nitrogen and oxygen atoms in total. The monoisotopic (exact) mass is 679 g/mol. The van der Waals surface area contributed by atoms with Crippen molar-refractivity contribution in [3.05, 3.63) is 119 Å². The Morgan fingerprint density at radius 1 is 0.818 bits per heavy atom. The molecule has 0 aromatic heterocycles. The molecule has 4 aromatic rings. The molecule has 1 N–H and O–H groups in total. The van der Waals surface area contributed by atoms with Crippen molar-refractivity contribution in [2.24, 2.45) is 0 Å². The first-order chi connectivity index (χ1) is 21.2. The summed E-state index contributed by atoms with van der Waals surface area (Å²) >= 11 is 3.48. The van der Waals surface area contributed by atoms with Gasteiger partial charge in [-0.3, -0.25) is 13.9 Å². The number of hydrogen-bond donors (Lipinski definition) is 1. The van der Waals surface area contributed by atoms with Crippen LogP contribution < -0.4 is 19.1 Å². The first-order valence-electron chi connectivity index (χ1n) is 13.8. The van der Waals surface area contributed by atoms with E-state index in [1.807, 2.05) is 54.6 Å². The predicted molar refractivity (Wildman–Crippen MR) is 173 cm³/mol. The highest BCUT2D eigenvalue weighted by atomic mass is 79.9. The van der Waals surface area contributed by atoms with E-state index in [0.29, 0.717) is 5.75 Å². The lowest BCUT2D eigenvalue weighted by molar-refractivity contribution is -0.139. The first kappa shape index (κ1) is 32.6. The van der Waals surface area contributed by atoms with Crippen LogP contribution in [0.1, 0.15) is 11.1 Å². The number of amides is 2. The van der Waals surface area contributed by atoms with Crippen LogP contribution in [0.3, 0.4) is 0 Å². The molecule has 0 spiro atoms. The average molecular weight is 681 g/mol. The minimum Gasteiger partial charge on any atom is -0.493 e. The van der Waals surface area contributed by atoms with Gasteiger partial charge >= 0.3 is 0 Å². The van der Waals surface area contributed by atoms with Crippen LogP contribution >= 0.6 is 15.9 Å². The maximum atomic E-state index is 14.4. The number of carbonyl (C=O) groups is 2. The number of nitrogens with zero attached hydrogens (tertiary/aromatic N) is 2. The summed E-state index contributed by atoms with van der Waals surface area (Å²) < 4.78 is 40.9. The third kappa shape index (κ3) is 7.78. The molecule has 4 aromatic carbocycles. The Morgan fingerprint density at radius 2 is 1.45 bits per heavy atom. The summed E-state index contributed by atoms with van der Waals surface area (Å²) in [7, 11) is 0.0981. The van der Waals surface area contributed by atoms with Gasteiger partial charge < -0.3 is 19.7 Å². The van der Waals surface area contributed by atoms with Crippen molar-refractivity contribution in [2.75, 3.05) is 32.1 Å². The van der Waals surface area contributed by atoms with Crippen LogP contribution in [-0.2, 0) is 32.6 Å². The maximum Gasteiger partial charge on any atom is 0.264 e. The summed E-state index contributed by atoms with van der Waals surface area (Å²) in [5, 5.41) is 2.68. The molecule has 4 rings (SSSR count). The molecule has 0 bridgehead atoms. The van der Waals surface area contributed by atoms with Crippen molar-refractivity contribution in [3.8, 4) is 11.5 Å². The lowest BCUT2D eigenvalue weighted by Crippen LogP contribution is -2.53. The van der Waals surface area contributed by atoms with Crippen molar-refractivity contribution < 1.29 is 27.5 Å². The number of sulfonamides is 1. The molecule has 0 aliphatic carbocycles.